The zero-order valence-electron chi connectivity index (χ0n) is 13.7. The summed E-state index contributed by atoms with van der Waals surface area (Å²) in [5, 5.41) is 21.8. The maximum Gasteiger partial charge on any atom is 0.128 e. The highest BCUT2D eigenvalue weighted by atomic mass is 16.5. The van der Waals surface area contributed by atoms with Gasteiger partial charge in [0.1, 0.15) is 11.5 Å². The summed E-state index contributed by atoms with van der Waals surface area (Å²) < 4.78 is 7.44. The lowest BCUT2D eigenvalue weighted by molar-refractivity contribution is 0.0935. The topological polar surface area (TPSA) is 88.7 Å². The second kappa shape index (κ2) is 6.87. The number of hydrogen-bond donors (Lipinski definition) is 1. The second-order valence-corrected chi connectivity index (χ2v) is 6.10. The van der Waals surface area contributed by atoms with Crippen LogP contribution in [0, 0.1) is 11.3 Å². The van der Waals surface area contributed by atoms with Gasteiger partial charge in [-0.15, -0.1) is 5.10 Å². The third kappa shape index (κ3) is 3.44. The van der Waals surface area contributed by atoms with Crippen molar-refractivity contribution in [2.75, 3.05) is 11.9 Å². The molecular weight excluding hydrogens is 316 g/mol. The van der Waals surface area contributed by atoms with Gasteiger partial charge in [0.05, 0.1) is 42.5 Å². The van der Waals surface area contributed by atoms with Crippen LogP contribution in [0.3, 0.4) is 0 Å². The van der Waals surface area contributed by atoms with Crippen molar-refractivity contribution < 1.29 is 4.74 Å². The average molecular weight is 334 g/mol. The normalized spacial score (nSPS) is 16.8. The Morgan fingerprint density at radius 2 is 2.28 bits per heavy atom. The molecule has 0 spiro atoms. The van der Waals surface area contributed by atoms with Crippen LogP contribution in [0.1, 0.15) is 24.1 Å². The molecule has 7 nitrogen and oxygen atoms in total. The number of fused-ring (bicyclic) bond motifs is 1. The number of benzene rings is 1. The summed E-state index contributed by atoms with van der Waals surface area (Å²) in [5.41, 5.74) is 2.23. The average Bonchev–Trinajstić information content (AvgIpc) is 3.31. The van der Waals surface area contributed by atoms with Crippen molar-refractivity contribution in [3.8, 4) is 6.07 Å². The molecule has 1 atom stereocenters. The predicted octanol–water partition coefficient (Wildman–Crippen LogP) is 2.49. The lowest BCUT2D eigenvalue weighted by Crippen LogP contribution is -2.15. The van der Waals surface area contributed by atoms with Gasteiger partial charge in [0.25, 0.3) is 0 Å². The molecule has 25 heavy (non-hydrogen) atoms. The Hall–Kier alpha value is -2.98. The minimum Gasteiger partial charge on any atom is -0.376 e. The van der Waals surface area contributed by atoms with Crippen molar-refractivity contribution in [1.29, 1.82) is 5.26 Å². The first kappa shape index (κ1) is 15.5. The number of para-hydroxylation sites is 1. The number of nitrogens with one attached hydrogen (secondary N) is 1. The van der Waals surface area contributed by atoms with E-state index in [9.17, 15) is 5.26 Å². The third-order valence-electron chi connectivity index (χ3n) is 4.29. The minimum absolute atomic E-state index is 0.239. The first-order chi connectivity index (χ1) is 12.3. The molecule has 0 amide bonds. The number of pyridine rings is 1. The Kier molecular flexibility index (Phi) is 4.27. The summed E-state index contributed by atoms with van der Waals surface area (Å²) >= 11 is 0. The molecule has 3 heterocycles. The Bertz CT molecular complexity index is 923. The fourth-order valence-electron chi connectivity index (χ4n) is 3.05. The maximum absolute atomic E-state index is 9.34. The summed E-state index contributed by atoms with van der Waals surface area (Å²) in [5.74, 6) is 0.656. The molecule has 1 aromatic carbocycles. The zero-order valence-corrected chi connectivity index (χ0v) is 13.7. The Balaban J connectivity index is 1.45. The van der Waals surface area contributed by atoms with E-state index in [2.05, 4.69) is 26.7 Å². The van der Waals surface area contributed by atoms with Crippen molar-refractivity contribution in [1.82, 2.24) is 20.0 Å². The molecule has 1 aliphatic rings. The van der Waals surface area contributed by atoms with Gasteiger partial charge in [0, 0.05) is 12.0 Å². The van der Waals surface area contributed by atoms with Gasteiger partial charge in [-0.3, -0.25) is 0 Å². The highest BCUT2D eigenvalue weighted by Crippen LogP contribution is 2.20. The van der Waals surface area contributed by atoms with Crippen LogP contribution >= 0.6 is 0 Å². The van der Waals surface area contributed by atoms with Gasteiger partial charge in [0.2, 0.25) is 0 Å². The smallest absolute Gasteiger partial charge is 0.128 e. The van der Waals surface area contributed by atoms with Crippen LogP contribution in [0.25, 0.3) is 10.9 Å². The lowest BCUT2D eigenvalue weighted by Gasteiger charge is -2.08. The van der Waals surface area contributed by atoms with E-state index in [1.807, 2.05) is 35.1 Å². The number of aromatic nitrogens is 4. The molecule has 1 N–H and O–H groups in total. The van der Waals surface area contributed by atoms with Crippen LogP contribution in [0.2, 0.25) is 0 Å². The molecule has 1 aliphatic heterocycles. The Labute approximate surface area is 145 Å². The van der Waals surface area contributed by atoms with Crippen molar-refractivity contribution in [3.05, 3.63) is 47.8 Å². The summed E-state index contributed by atoms with van der Waals surface area (Å²) in [6.45, 7) is 2.07. The van der Waals surface area contributed by atoms with Crippen LogP contribution in [-0.4, -0.2) is 32.7 Å². The molecule has 7 heteroatoms. The van der Waals surface area contributed by atoms with E-state index < -0.39 is 0 Å². The van der Waals surface area contributed by atoms with E-state index in [0.29, 0.717) is 17.9 Å². The fraction of sp³-hybridized carbons (Fsp3) is 0.333. The SMILES string of the molecule is N#Cc1cc(NCc2cn(CC3CCCO3)nn2)nc2ccccc12. The maximum atomic E-state index is 9.34. The number of anilines is 1. The molecule has 2 aromatic heterocycles. The van der Waals surface area contributed by atoms with Crippen molar-refractivity contribution in [2.24, 2.45) is 0 Å². The van der Waals surface area contributed by atoms with E-state index >= 15 is 0 Å². The van der Waals surface area contributed by atoms with E-state index in [0.717, 1.165) is 42.6 Å². The van der Waals surface area contributed by atoms with E-state index in [-0.39, 0.29) is 6.10 Å². The summed E-state index contributed by atoms with van der Waals surface area (Å²) in [7, 11) is 0. The molecule has 0 aliphatic carbocycles. The summed E-state index contributed by atoms with van der Waals surface area (Å²) in [4.78, 5) is 4.55. The van der Waals surface area contributed by atoms with E-state index in [1.54, 1.807) is 6.07 Å². The number of ether oxygens (including phenoxy) is 1. The van der Waals surface area contributed by atoms with Gasteiger partial charge in [-0.2, -0.15) is 5.26 Å². The Morgan fingerprint density at radius 3 is 3.12 bits per heavy atom. The molecule has 0 bridgehead atoms. The van der Waals surface area contributed by atoms with Gasteiger partial charge in [0.15, 0.2) is 0 Å². The van der Waals surface area contributed by atoms with Gasteiger partial charge < -0.3 is 10.1 Å². The van der Waals surface area contributed by atoms with Crippen molar-refractivity contribution in [2.45, 2.75) is 32.0 Å². The highest BCUT2D eigenvalue weighted by molar-refractivity contribution is 5.86. The van der Waals surface area contributed by atoms with Crippen LogP contribution < -0.4 is 5.32 Å². The third-order valence-corrected chi connectivity index (χ3v) is 4.29. The van der Waals surface area contributed by atoms with Gasteiger partial charge >= 0.3 is 0 Å². The monoisotopic (exact) mass is 334 g/mol. The Morgan fingerprint density at radius 1 is 1.36 bits per heavy atom. The lowest BCUT2D eigenvalue weighted by atomic mass is 10.1. The minimum atomic E-state index is 0.239. The second-order valence-electron chi connectivity index (χ2n) is 6.10. The highest BCUT2D eigenvalue weighted by Gasteiger charge is 2.16. The quantitative estimate of drug-likeness (QED) is 0.771. The molecule has 0 saturated carbocycles. The standard InChI is InChI=1S/C18H18N6O/c19-9-13-8-18(21-17-6-2-1-5-16(13)17)20-10-14-11-24(23-22-14)12-15-4-3-7-25-15/h1-2,5-6,8,11,15H,3-4,7,10,12H2,(H,20,21). The molecule has 4 rings (SSSR count). The molecule has 1 saturated heterocycles. The molecule has 1 unspecified atom stereocenters. The van der Waals surface area contributed by atoms with Gasteiger partial charge in [-0.25, -0.2) is 9.67 Å². The predicted molar refractivity (Wildman–Crippen MR) is 92.8 cm³/mol. The molecule has 126 valence electrons. The first-order valence-corrected chi connectivity index (χ1v) is 8.36. The number of nitriles is 1. The van der Waals surface area contributed by atoms with Gasteiger partial charge in [-0.1, -0.05) is 23.4 Å². The van der Waals surface area contributed by atoms with Crippen molar-refractivity contribution in [3.63, 3.8) is 0 Å². The fourth-order valence-corrected chi connectivity index (χ4v) is 3.05. The number of nitrogens with zero attached hydrogens (tertiary/aromatic N) is 5. The van der Waals surface area contributed by atoms with E-state index in [1.165, 1.54) is 0 Å². The largest absolute Gasteiger partial charge is 0.376 e. The van der Waals surface area contributed by atoms with Crippen LogP contribution in [0.5, 0.6) is 0 Å². The van der Waals surface area contributed by atoms with Crippen LogP contribution in [-0.2, 0) is 17.8 Å². The number of rotatable bonds is 5. The number of hydrogen-bond acceptors (Lipinski definition) is 6. The summed E-state index contributed by atoms with van der Waals surface area (Å²) in [6, 6.07) is 11.6. The zero-order chi connectivity index (χ0) is 17.1. The van der Waals surface area contributed by atoms with E-state index in [4.69, 9.17) is 4.74 Å². The first-order valence-electron chi connectivity index (χ1n) is 8.36. The van der Waals surface area contributed by atoms with Crippen LogP contribution in [0.15, 0.2) is 36.5 Å². The van der Waals surface area contributed by atoms with Crippen LogP contribution in [0.4, 0.5) is 5.82 Å². The molecule has 3 aromatic rings. The molecule has 0 radical (unpaired) electrons. The molecule has 1 fully saturated rings. The molecular formula is C18H18N6O. The summed E-state index contributed by atoms with van der Waals surface area (Å²) in [6.07, 6.45) is 4.34. The van der Waals surface area contributed by atoms with Gasteiger partial charge in [-0.05, 0) is 25.0 Å². The van der Waals surface area contributed by atoms with Crippen molar-refractivity contribution >= 4 is 16.7 Å².